The summed E-state index contributed by atoms with van der Waals surface area (Å²) < 4.78 is -0.982. The Morgan fingerprint density at radius 3 is 1.75 bits per heavy atom. The molecule has 0 atom stereocenters. The molecule has 0 aromatic heterocycles. The maximum Gasteiger partial charge on any atom is 0.157 e. The van der Waals surface area contributed by atoms with Crippen molar-refractivity contribution in [2.75, 3.05) is 0 Å². The normalized spacial score (nSPS) is 10.9. The fourth-order valence-electron chi connectivity index (χ4n) is 2.50. The number of hydrogen-bond donors (Lipinski definition) is 0. The van der Waals surface area contributed by atoms with Gasteiger partial charge in [0, 0.05) is 9.79 Å². The topological polar surface area (TPSA) is 0 Å². The lowest BCUT2D eigenvalue weighted by Crippen LogP contribution is -1.90. The summed E-state index contributed by atoms with van der Waals surface area (Å²) in [7, 11) is 0. The third-order valence-electron chi connectivity index (χ3n) is 3.92. The number of rotatable bonds is 10. The summed E-state index contributed by atoms with van der Waals surface area (Å²) in [5, 5.41) is 0. The highest BCUT2D eigenvalue weighted by Gasteiger charge is 2.12. The van der Waals surface area contributed by atoms with E-state index >= 15 is 0 Å². The van der Waals surface area contributed by atoms with E-state index in [-0.39, 0.29) is 0 Å². The Labute approximate surface area is 199 Å². The van der Waals surface area contributed by atoms with Crippen LogP contribution in [-0.4, -0.2) is 8.34 Å². The molecule has 0 aliphatic rings. The van der Waals surface area contributed by atoms with Crippen LogP contribution in [0.4, 0.5) is 0 Å². The van der Waals surface area contributed by atoms with E-state index in [1.165, 1.54) is 66.8 Å². The summed E-state index contributed by atoms with van der Waals surface area (Å²) in [5.41, 5.74) is 2.75. The third-order valence-corrected chi connectivity index (χ3v) is 6.68. The van der Waals surface area contributed by atoms with E-state index in [0.717, 1.165) is 16.2 Å². The number of unbranched alkanes of at least 4 members (excludes halogenated alkanes) is 2. The van der Waals surface area contributed by atoms with Crippen molar-refractivity contribution in [1.82, 2.24) is 0 Å². The van der Waals surface area contributed by atoms with Crippen molar-refractivity contribution in [2.24, 2.45) is 0 Å². The molecule has 2 aromatic rings. The molecule has 2 aromatic carbocycles. The molecule has 0 nitrogen and oxygen atoms in total. The zero-order chi connectivity index (χ0) is 20.8. The summed E-state index contributed by atoms with van der Waals surface area (Å²) in [6, 6.07) is 16.9. The lowest BCUT2D eigenvalue weighted by molar-refractivity contribution is 0.792. The molecule has 156 valence electrons. The van der Waals surface area contributed by atoms with Crippen LogP contribution < -0.4 is 0 Å². The molecule has 0 aliphatic heterocycles. The highest BCUT2D eigenvalue weighted by Crippen LogP contribution is 2.40. The zero-order valence-electron chi connectivity index (χ0n) is 16.3. The van der Waals surface area contributed by atoms with Gasteiger partial charge in [-0.3, -0.25) is 0 Å². The summed E-state index contributed by atoms with van der Waals surface area (Å²) >= 11 is 26.1. The SMILES string of the molecule is CCCCc1ccc(SC(Cl)Cl)c(SC(Cl)Cl)c1.CCCCc1ccccc1. The van der Waals surface area contributed by atoms with Crippen molar-refractivity contribution in [2.45, 2.75) is 70.5 Å². The first-order valence-corrected chi connectivity index (χ1v) is 13.0. The van der Waals surface area contributed by atoms with E-state index < -0.39 is 8.34 Å². The molecule has 0 aliphatic carbocycles. The van der Waals surface area contributed by atoms with Crippen LogP contribution in [0.15, 0.2) is 58.3 Å². The van der Waals surface area contributed by atoms with Gasteiger partial charge in [0.05, 0.1) is 0 Å². The van der Waals surface area contributed by atoms with Gasteiger partial charge in [-0.15, -0.1) is 0 Å². The molecule has 0 spiro atoms. The molecule has 0 saturated carbocycles. The van der Waals surface area contributed by atoms with Crippen LogP contribution in [0.5, 0.6) is 0 Å². The van der Waals surface area contributed by atoms with Gasteiger partial charge in [0.15, 0.2) is 8.34 Å². The van der Waals surface area contributed by atoms with Gasteiger partial charge in [-0.1, -0.05) is 133 Å². The minimum absolute atomic E-state index is 0.491. The van der Waals surface area contributed by atoms with Crippen LogP contribution in [0, 0.1) is 0 Å². The minimum Gasteiger partial charge on any atom is -0.0928 e. The average molecular weight is 498 g/mol. The maximum atomic E-state index is 5.83. The predicted octanol–water partition coefficient (Wildman–Crippen LogP) is 9.76. The van der Waals surface area contributed by atoms with Crippen molar-refractivity contribution >= 4 is 69.9 Å². The van der Waals surface area contributed by atoms with Gasteiger partial charge in [0.1, 0.15) is 0 Å². The monoisotopic (exact) mass is 496 g/mol. The van der Waals surface area contributed by atoms with Gasteiger partial charge >= 0.3 is 0 Å². The molecule has 28 heavy (non-hydrogen) atoms. The first-order valence-electron chi connectivity index (χ1n) is 9.52. The number of hydrogen-bond acceptors (Lipinski definition) is 2. The highest BCUT2D eigenvalue weighted by atomic mass is 35.5. The summed E-state index contributed by atoms with van der Waals surface area (Å²) in [6.07, 6.45) is 7.25. The number of halogens is 4. The Morgan fingerprint density at radius 2 is 1.21 bits per heavy atom. The number of alkyl halides is 4. The quantitative estimate of drug-likeness (QED) is 0.236. The van der Waals surface area contributed by atoms with E-state index in [1.54, 1.807) is 0 Å². The summed E-state index contributed by atoms with van der Waals surface area (Å²) in [4.78, 5) is 2.05. The Morgan fingerprint density at radius 1 is 0.679 bits per heavy atom. The summed E-state index contributed by atoms with van der Waals surface area (Å²) in [5.74, 6) is 0. The second-order valence-electron chi connectivity index (χ2n) is 6.23. The molecule has 0 heterocycles. The molecule has 6 heteroatoms. The molecule has 0 bridgehead atoms. The van der Waals surface area contributed by atoms with E-state index in [4.69, 9.17) is 46.4 Å². The van der Waals surface area contributed by atoms with Crippen molar-refractivity contribution in [3.05, 3.63) is 59.7 Å². The molecule has 0 radical (unpaired) electrons. The van der Waals surface area contributed by atoms with Crippen LogP contribution in [0.25, 0.3) is 0 Å². The third kappa shape index (κ3) is 12.1. The fraction of sp³-hybridized carbons (Fsp3) is 0.455. The first-order chi connectivity index (χ1) is 13.5. The van der Waals surface area contributed by atoms with Crippen LogP contribution in [0.1, 0.15) is 50.7 Å². The average Bonchev–Trinajstić information content (AvgIpc) is 2.67. The standard InChI is InChI=1S/C12H14Cl4S2.C10H14/c1-2-3-4-8-5-6-9(17-11(13)14)10(7-8)18-12(15)16;1-2-3-7-10-8-5-4-6-9-10/h5-7,11-12H,2-4H2,1H3;4-6,8-9H,2-3,7H2,1H3. The fourth-order valence-corrected chi connectivity index (χ4v) is 5.05. The van der Waals surface area contributed by atoms with Crippen LogP contribution >= 0.6 is 69.9 Å². The van der Waals surface area contributed by atoms with Crippen molar-refractivity contribution in [1.29, 1.82) is 0 Å². The largest absolute Gasteiger partial charge is 0.157 e. The van der Waals surface area contributed by atoms with Gasteiger partial charge in [-0.2, -0.15) is 0 Å². The van der Waals surface area contributed by atoms with Gasteiger partial charge in [-0.05, 0) is 48.9 Å². The van der Waals surface area contributed by atoms with Gasteiger partial charge in [0.2, 0.25) is 0 Å². The van der Waals surface area contributed by atoms with Gasteiger partial charge < -0.3 is 0 Å². The second kappa shape index (κ2) is 16.1. The number of benzene rings is 2. The van der Waals surface area contributed by atoms with Crippen molar-refractivity contribution in [3.8, 4) is 0 Å². The molecule has 0 saturated heterocycles. The second-order valence-corrected chi connectivity index (χ2v) is 11.8. The Hall–Kier alpha value is 0.300. The Balaban J connectivity index is 0.000000330. The van der Waals surface area contributed by atoms with Crippen molar-refractivity contribution in [3.63, 3.8) is 0 Å². The van der Waals surface area contributed by atoms with E-state index in [0.29, 0.717) is 0 Å². The Kier molecular flexibility index (Phi) is 15.1. The van der Waals surface area contributed by atoms with E-state index in [2.05, 4.69) is 56.3 Å². The van der Waals surface area contributed by atoms with E-state index in [1.807, 2.05) is 6.07 Å². The minimum atomic E-state index is -0.491. The van der Waals surface area contributed by atoms with Crippen LogP contribution in [-0.2, 0) is 12.8 Å². The number of thioether (sulfide) groups is 2. The van der Waals surface area contributed by atoms with Crippen LogP contribution in [0.2, 0.25) is 0 Å². The zero-order valence-corrected chi connectivity index (χ0v) is 21.0. The lowest BCUT2D eigenvalue weighted by Gasteiger charge is -2.12. The lowest BCUT2D eigenvalue weighted by atomic mass is 10.1. The molecular weight excluding hydrogens is 470 g/mol. The smallest absolute Gasteiger partial charge is 0.0928 e. The summed E-state index contributed by atoms with van der Waals surface area (Å²) in [6.45, 7) is 4.40. The molecule has 0 N–H and O–H groups in total. The van der Waals surface area contributed by atoms with Gasteiger partial charge in [-0.25, -0.2) is 0 Å². The molecular formula is C22H28Cl4S2. The molecule has 0 fully saturated rings. The van der Waals surface area contributed by atoms with Crippen LogP contribution in [0.3, 0.4) is 0 Å². The first kappa shape index (κ1) is 26.3. The molecule has 2 rings (SSSR count). The Bertz CT molecular complexity index is 648. The van der Waals surface area contributed by atoms with Crippen molar-refractivity contribution < 1.29 is 0 Å². The van der Waals surface area contributed by atoms with E-state index in [9.17, 15) is 0 Å². The maximum absolute atomic E-state index is 5.83. The molecule has 0 amide bonds. The predicted molar refractivity (Wildman–Crippen MR) is 133 cm³/mol. The molecule has 0 unspecified atom stereocenters. The highest BCUT2D eigenvalue weighted by molar-refractivity contribution is 8.05. The van der Waals surface area contributed by atoms with Gasteiger partial charge in [0.25, 0.3) is 0 Å². The number of aryl methyl sites for hydroxylation is 2.